The fourth-order valence-corrected chi connectivity index (χ4v) is 2.54. The SMILES string of the molecule is CCO[C@H]1COC[C@@H]1NC(=O)C1=Cc2ccccc2OC=C1. The van der Waals surface area contributed by atoms with E-state index >= 15 is 0 Å². The number of hydrogen-bond donors (Lipinski definition) is 1. The van der Waals surface area contributed by atoms with Gasteiger partial charge in [0.05, 0.1) is 25.5 Å². The molecule has 2 aliphatic heterocycles. The van der Waals surface area contributed by atoms with Crippen molar-refractivity contribution in [1.82, 2.24) is 5.32 Å². The molecule has 2 atom stereocenters. The molecule has 0 unspecified atom stereocenters. The van der Waals surface area contributed by atoms with E-state index in [1.165, 1.54) is 6.26 Å². The van der Waals surface area contributed by atoms with Gasteiger partial charge in [0.25, 0.3) is 5.91 Å². The van der Waals surface area contributed by atoms with Gasteiger partial charge in [-0.25, -0.2) is 0 Å². The van der Waals surface area contributed by atoms with Crippen molar-refractivity contribution in [3.05, 3.63) is 47.7 Å². The number of fused-ring (bicyclic) bond motifs is 1. The van der Waals surface area contributed by atoms with Gasteiger partial charge in [-0.1, -0.05) is 18.2 Å². The Hall–Kier alpha value is -2.11. The fraction of sp³-hybridized carbons (Fsp3) is 0.353. The minimum Gasteiger partial charge on any atom is -0.464 e. The summed E-state index contributed by atoms with van der Waals surface area (Å²) in [7, 11) is 0. The molecule has 1 aromatic rings. The standard InChI is InChI=1S/C17H19NO4/c1-2-21-16-11-20-10-14(16)18-17(19)13-7-8-22-15-6-4-3-5-12(15)9-13/h3-9,14,16H,2,10-11H2,1H3,(H,18,19)/t14-,16-/m0/s1. The van der Waals surface area contributed by atoms with Crippen LogP contribution in [0.3, 0.4) is 0 Å². The molecule has 1 amide bonds. The van der Waals surface area contributed by atoms with E-state index in [1.807, 2.05) is 37.3 Å². The highest BCUT2D eigenvalue weighted by molar-refractivity contribution is 6.01. The molecule has 5 heteroatoms. The maximum atomic E-state index is 12.5. The molecule has 1 N–H and O–H groups in total. The molecule has 116 valence electrons. The summed E-state index contributed by atoms with van der Waals surface area (Å²) < 4.78 is 16.5. The summed E-state index contributed by atoms with van der Waals surface area (Å²) in [5, 5.41) is 2.98. The van der Waals surface area contributed by atoms with Crippen LogP contribution < -0.4 is 10.1 Å². The minimum absolute atomic E-state index is 0.0900. The Morgan fingerprint density at radius 1 is 1.36 bits per heavy atom. The van der Waals surface area contributed by atoms with Crippen LogP contribution in [-0.2, 0) is 14.3 Å². The lowest BCUT2D eigenvalue weighted by molar-refractivity contribution is -0.118. The average molecular weight is 301 g/mol. The van der Waals surface area contributed by atoms with Crippen molar-refractivity contribution < 1.29 is 19.0 Å². The molecule has 0 aromatic heterocycles. The van der Waals surface area contributed by atoms with Gasteiger partial charge in [-0.3, -0.25) is 4.79 Å². The van der Waals surface area contributed by atoms with Crippen molar-refractivity contribution in [1.29, 1.82) is 0 Å². The van der Waals surface area contributed by atoms with E-state index in [4.69, 9.17) is 14.2 Å². The smallest absolute Gasteiger partial charge is 0.251 e. The highest BCUT2D eigenvalue weighted by atomic mass is 16.5. The quantitative estimate of drug-likeness (QED) is 0.923. The largest absolute Gasteiger partial charge is 0.464 e. The van der Waals surface area contributed by atoms with E-state index < -0.39 is 0 Å². The van der Waals surface area contributed by atoms with Crippen LogP contribution in [0.15, 0.2) is 42.2 Å². The maximum Gasteiger partial charge on any atom is 0.251 e. The summed E-state index contributed by atoms with van der Waals surface area (Å²) in [4.78, 5) is 12.5. The minimum atomic E-state index is -0.156. The number of para-hydroxylation sites is 1. The van der Waals surface area contributed by atoms with Crippen molar-refractivity contribution in [2.75, 3.05) is 19.8 Å². The number of nitrogens with one attached hydrogen (secondary N) is 1. The van der Waals surface area contributed by atoms with E-state index in [-0.39, 0.29) is 18.1 Å². The fourth-order valence-electron chi connectivity index (χ4n) is 2.54. The molecule has 2 heterocycles. The molecule has 3 rings (SSSR count). The van der Waals surface area contributed by atoms with Crippen LogP contribution >= 0.6 is 0 Å². The third-order valence-corrected chi connectivity index (χ3v) is 3.66. The zero-order chi connectivity index (χ0) is 15.4. The van der Waals surface area contributed by atoms with Crippen molar-refractivity contribution in [2.24, 2.45) is 0 Å². The lowest BCUT2D eigenvalue weighted by atomic mass is 10.1. The first kappa shape index (κ1) is 14.8. The Labute approximate surface area is 129 Å². The number of ether oxygens (including phenoxy) is 3. The van der Waals surface area contributed by atoms with Crippen LogP contribution in [0, 0.1) is 0 Å². The Morgan fingerprint density at radius 3 is 3.09 bits per heavy atom. The number of rotatable bonds is 4. The Kier molecular flexibility index (Phi) is 4.56. The highest BCUT2D eigenvalue weighted by Gasteiger charge is 2.30. The van der Waals surface area contributed by atoms with Gasteiger partial charge in [0.15, 0.2) is 0 Å². The number of hydrogen-bond acceptors (Lipinski definition) is 4. The molecule has 5 nitrogen and oxygen atoms in total. The second kappa shape index (κ2) is 6.77. The molecule has 0 spiro atoms. The van der Waals surface area contributed by atoms with Gasteiger partial charge in [-0.15, -0.1) is 0 Å². The van der Waals surface area contributed by atoms with Gasteiger partial charge in [0, 0.05) is 17.7 Å². The Morgan fingerprint density at radius 2 is 2.23 bits per heavy atom. The summed E-state index contributed by atoms with van der Waals surface area (Å²) in [6.07, 6.45) is 4.93. The second-order valence-corrected chi connectivity index (χ2v) is 5.17. The Balaban J connectivity index is 1.73. The van der Waals surface area contributed by atoms with Crippen LogP contribution in [0.5, 0.6) is 5.75 Å². The van der Waals surface area contributed by atoms with Gasteiger partial charge in [0.2, 0.25) is 0 Å². The number of carbonyl (C=O) groups is 1. The van der Waals surface area contributed by atoms with E-state index in [0.29, 0.717) is 25.4 Å². The number of carbonyl (C=O) groups excluding carboxylic acids is 1. The van der Waals surface area contributed by atoms with Gasteiger partial charge in [-0.05, 0) is 25.1 Å². The molecule has 2 aliphatic rings. The summed E-state index contributed by atoms with van der Waals surface area (Å²) in [6, 6.07) is 7.47. The number of benzene rings is 1. The lowest BCUT2D eigenvalue weighted by Gasteiger charge is -2.19. The van der Waals surface area contributed by atoms with Crippen LogP contribution in [0.4, 0.5) is 0 Å². The molecule has 0 radical (unpaired) electrons. The zero-order valence-electron chi connectivity index (χ0n) is 12.5. The average Bonchev–Trinajstić information content (AvgIpc) is 2.84. The topological polar surface area (TPSA) is 56.8 Å². The highest BCUT2D eigenvalue weighted by Crippen LogP contribution is 2.24. The molecule has 0 bridgehead atoms. The molecular formula is C17H19NO4. The molecular weight excluding hydrogens is 282 g/mol. The van der Waals surface area contributed by atoms with Crippen LogP contribution in [0.1, 0.15) is 12.5 Å². The van der Waals surface area contributed by atoms with Crippen molar-refractivity contribution >= 4 is 12.0 Å². The van der Waals surface area contributed by atoms with Gasteiger partial charge >= 0.3 is 0 Å². The molecule has 0 saturated carbocycles. The first-order chi connectivity index (χ1) is 10.8. The summed E-state index contributed by atoms with van der Waals surface area (Å²) in [5.41, 5.74) is 1.42. The summed E-state index contributed by atoms with van der Waals surface area (Å²) >= 11 is 0. The molecule has 1 aromatic carbocycles. The first-order valence-corrected chi connectivity index (χ1v) is 7.42. The summed E-state index contributed by atoms with van der Waals surface area (Å²) in [6.45, 7) is 3.52. The van der Waals surface area contributed by atoms with Gasteiger partial charge < -0.3 is 19.5 Å². The summed E-state index contributed by atoms with van der Waals surface area (Å²) in [5.74, 6) is 0.578. The monoisotopic (exact) mass is 301 g/mol. The van der Waals surface area contributed by atoms with Gasteiger partial charge in [0.1, 0.15) is 11.9 Å². The van der Waals surface area contributed by atoms with E-state index in [2.05, 4.69) is 5.32 Å². The molecule has 1 saturated heterocycles. The predicted octanol–water partition coefficient (Wildman–Crippen LogP) is 1.90. The van der Waals surface area contributed by atoms with Crippen LogP contribution in [-0.4, -0.2) is 37.9 Å². The van der Waals surface area contributed by atoms with E-state index in [9.17, 15) is 4.79 Å². The number of amides is 1. The second-order valence-electron chi connectivity index (χ2n) is 5.17. The maximum absolute atomic E-state index is 12.5. The molecule has 22 heavy (non-hydrogen) atoms. The van der Waals surface area contributed by atoms with Crippen molar-refractivity contribution in [3.8, 4) is 5.75 Å². The molecule has 1 fully saturated rings. The predicted molar refractivity (Wildman–Crippen MR) is 82.4 cm³/mol. The van der Waals surface area contributed by atoms with Crippen LogP contribution in [0.25, 0.3) is 6.08 Å². The lowest BCUT2D eigenvalue weighted by Crippen LogP contribution is -2.44. The van der Waals surface area contributed by atoms with Crippen molar-refractivity contribution in [3.63, 3.8) is 0 Å². The third-order valence-electron chi connectivity index (χ3n) is 3.66. The van der Waals surface area contributed by atoms with E-state index in [0.717, 1.165) is 11.3 Å². The zero-order valence-corrected chi connectivity index (χ0v) is 12.5. The normalized spacial score (nSPS) is 23.2. The van der Waals surface area contributed by atoms with Crippen LogP contribution in [0.2, 0.25) is 0 Å². The first-order valence-electron chi connectivity index (χ1n) is 7.42. The Bertz CT molecular complexity index is 608. The van der Waals surface area contributed by atoms with E-state index in [1.54, 1.807) is 6.08 Å². The molecule has 0 aliphatic carbocycles. The third kappa shape index (κ3) is 3.21. The van der Waals surface area contributed by atoms with Gasteiger partial charge in [-0.2, -0.15) is 0 Å². The van der Waals surface area contributed by atoms with Crippen molar-refractivity contribution in [2.45, 2.75) is 19.1 Å².